The Morgan fingerprint density at radius 2 is 0.704 bits per heavy atom. The van der Waals surface area contributed by atoms with Gasteiger partial charge in [-0.2, -0.15) is 0 Å². The Labute approximate surface area is 410 Å². The van der Waals surface area contributed by atoms with Crippen molar-refractivity contribution in [2.45, 2.75) is 5.41 Å². The lowest BCUT2D eigenvalue weighted by Crippen LogP contribution is -2.26. The van der Waals surface area contributed by atoms with Crippen molar-refractivity contribution in [2.75, 3.05) is 0 Å². The number of hydrogen-bond acceptors (Lipinski definition) is 0. The molecular weight excluding hydrogens is 857 g/mol. The van der Waals surface area contributed by atoms with E-state index in [4.69, 9.17) is 0 Å². The molecule has 71 heavy (non-hydrogen) atoms. The fourth-order valence-corrected chi connectivity index (χ4v) is 14.0. The lowest BCUT2D eigenvalue weighted by atomic mass is 9.69. The smallest absolute Gasteiger partial charge is 0.0731 e. The van der Waals surface area contributed by atoms with Crippen molar-refractivity contribution < 1.29 is 0 Å². The van der Waals surface area contributed by atoms with Crippen LogP contribution in [0.4, 0.5) is 0 Å². The number of para-hydroxylation sites is 4. The summed E-state index contributed by atoms with van der Waals surface area (Å²) < 4.78 is 4.79. The molecule has 2 aromatic heterocycles. The third-order valence-corrected chi connectivity index (χ3v) is 16.7. The molecule has 2 aliphatic carbocycles. The quantitative estimate of drug-likeness (QED) is 0.156. The van der Waals surface area contributed by atoms with Gasteiger partial charge in [0, 0.05) is 57.8 Å². The standard InChI is InChI=1S/C69H44N2/c1-70-62-36-11-7-21-46(62)53-30-15-28-51(67(53)70)43-24-13-26-48-57(43)40-58-44(52-29-16-31-54-47-22-8-12-37-63(47)71(2)68(52)54)25-14-27-49(58)64(48)56-32-17-35-61-65(56)55-23-6-10-34-60(55)69(61)59-33-9-5-20-45(59)50-39-38-41-18-3-4-19-42(41)66(50)69/h3-40H,1-2H3. The SMILES string of the molecule is Cn1c2ccccc2c2cccc(-c3cccc4c(-c5cccc6c5-c5ccccc5C65c6ccccc6-c6ccc7ccccc7c65)c5cccc(-c6cccc7c8ccccc8n(C)c67)c5cc34)c21. The third kappa shape index (κ3) is 4.87. The molecule has 0 amide bonds. The fraction of sp³-hybridized carbons (Fsp3) is 0.0435. The number of rotatable bonds is 3. The maximum atomic E-state index is 2.52. The monoisotopic (exact) mass is 900 g/mol. The first kappa shape index (κ1) is 38.9. The van der Waals surface area contributed by atoms with Crippen LogP contribution in [0.1, 0.15) is 22.3 Å². The number of aryl methyl sites for hydroxylation is 2. The van der Waals surface area contributed by atoms with Crippen LogP contribution in [0, 0.1) is 0 Å². The fourth-order valence-electron chi connectivity index (χ4n) is 14.0. The summed E-state index contributed by atoms with van der Waals surface area (Å²) in [6, 6.07) is 87.4. The van der Waals surface area contributed by atoms with Gasteiger partial charge in [-0.15, -0.1) is 0 Å². The highest BCUT2D eigenvalue weighted by Crippen LogP contribution is 2.65. The normalized spacial score (nSPS) is 14.7. The molecule has 0 bridgehead atoms. The Hall–Kier alpha value is -8.98. The average molecular weight is 901 g/mol. The highest BCUT2D eigenvalue weighted by Gasteiger charge is 2.53. The summed E-state index contributed by atoms with van der Waals surface area (Å²) in [7, 11) is 4.46. The molecule has 1 unspecified atom stereocenters. The minimum absolute atomic E-state index is 0.514. The molecule has 0 aliphatic heterocycles. The van der Waals surface area contributed by atoms with Crippen LogP contribution >= 0.6 is 0 Å². The van der Waals surface area contributed by atoms with E-state index >= 15 is 0 Å². The van der Waals surface area contributed by atoms with Gasteiger partial charge in [-0.3, -0.25) is 0 Å². The van der Waals surface area contributed by atoms with E-state index < -0.39 is 5.41 Å². The van der Waals surface area contributed by atoms with E-state index in [1.807, 2.05) is 0 Å². The number of hydrogen-bond donors (Lipinski definition) is 0. The molecule has 0 radical (unpaired) electrons. The molecule has 1 atom stereocenters. The van der Waals surface area contributed by atoms with Gasteiger partial charge in [-0.05, 0) is 117 Å². The van der Waals surface area contributed by atoms with Gasteiger partial charge in [0.15, 0.2) is 0 Å². The molecule has 2 aliphatic rings. The largest absolute Gasteiger partial charge is 0.343 e. The zero-order chi connectivity index (χ0) is 46.7. The predicted molar refractivity (Wildman–Crippen MR) is 300 cm³/mol. The number of aromatic nitrogens is 2. The van der Waals surface area contributed by atoms with Crippen LogP contribution < -0.4 is 0 Å². The Kier molecular flexibility index (Phi) is 7.71. The van der Waals surface area contributed by atoms with E-state index in [1.54, 1.807) is 0 Å². The van der Waals surface area contributed by atoms with Gasteiger partial charge < -0.3 is 9.13 Å². The molecule has 2 heteroatoms. The minimum Gasteiger partial charge on any atom is -0.343 e. The van der Waals surface area contributed by atoms with Crippen molar-refractivity contribution in [2.24, 2.45) is 14.1 Å². The van der Waals surface area contributed by atoms with Crippen LogP contribution in [0.25, 0.3) is 132 Å². The maximum absolute atomic E-state index is 2.52. The van der Waals surface area contributed by atoms with E-state index in [0.29, 0.717) is 0 Å². The van der Waals surface area contributed by atoms with Gasteiger partial charge in [-0.1, -0.05) is 212 Å². The molecule has 0 N–H and O–H groups in total. The van der Waals surface area contributed by atoms with E-state index in [-0.39, 0.29) is 0 Å². The molecule has 0 saturated heterocycles. The first-order valence-corrected chi connectivity index (χ1v) is 24.9. The van der Waals surface area contributed by atoms with E-state index in [0.717, 1.165) is 0 Å². The van der Waals surface area contributed by atoms with Crippen molar-refractivity contribution in [3.05, 3.63) is 253 Å². The summed E-state index contributed by atoms with van der Waals surface area (Å²) in [5, 5.41) is 12.6. The second kappa shape index (κ2) is 14.1. The molecule has 1 spiro atoms. The van der Waals surface area contributed by atoms with Crippen LogP contribution in [0.2, 0.25) is 0 Å². The molecule has 2 nitrogen and oxygen atoms in total. The Bertz CT molecular complexity index is 4500. The summed E-state index contributed by atoms with van der Waals surface area (Å²) in [6.07, 6.45) is 0. The summed E-state index contributed by atoms with van der Waals surface area (Å²) in [6.45, 7) is 0. The summed E-state index contributed by atoms with van der Waals surface area (Å²) >= 11 is 0. The lowest BCUT2D eigenvalue weighted by Gasteiger charge is -2.31. The van der Waals surface area contributed by atoms with Crippen molar-refractivity contribution in [3.8, 4) is 55.6 Å². The summed E-state index contributed by atoms with van der Waals surface area (Å²) in [4.78, 5) is 0. The molecule has 0 fully saturated rings. The Morgan fingerprint density at radius 1 is 0.268 bits per heavy atom. The van der Waals surface area contributed by atoms with Crippen molar-refractivity contribution in [3.63, 3.8) is 0 Å². The van der Waals surface area contributed by atoms with E-state index in [9.17, 15) is 0 Å². The molecular formula is C69H44N2. The molecule has 14 aromatic rings. The first-order valence-electron chi connectivity index (χ1n) is 24.9. The maximum Gasteiger partial charge on any atom is 0.0731 e. The molecule has 0 saturated carbocycles. The van der Waals surface area contributed by atoms with Gasteiger partial charge in [-0.25, -0.2) is 0 Å². The molecule has 12 aromatic carbocycles. The predicted octanol–water partition coefficient (Wildman–Crippen LogP) is 17.8. The van der Waals surface area contributed by atoms with E-state index in [1.165, 1.54) is 154 Å². The van der Waals surface area contributed by atoms with Crippen molar-refractivity contribution >= 4 is 75.9 Å². The minimum atomic E-state index is -0.514. The van der Waals surface area contributed by atoms with Crippen LogP contribution in [0.15, 0.2) is 231 Å². The van der Waals surface area contributed by atoms with Gasteiger partial charge >= 0.3 is 0 Å². The zero-order valence-corrected chi connectivity index (χ0v) is 39.3. The molecule has 2 heterocycles. The average Bonchev–Trinajstić information content (AvgIpc) is 4.12. The lowest BCUT2D eigenvalue weighted by molar-refractivity contribution is 0.801. The second-order valence-corrected chi connectivity index (χ2v) is 19.9. The van der Waals surface area contributed by atoms with Gasteiger partial charge in [0.25, 0.3) is 0 Å². The number of nitrogens with zero attached hydrogens (tertiary/aromatic N) is 2. The summed E-state index contributed by atoms with van der Waals surface area (Å²) in [5.74, 6) is 0. The topological polar surface area (TPSA) is 9.86 Å². The number of fused-ring (bicyclic) bond motifs is 20. The number of benzene rings is 12. The molecule has 16 rings (SSSR count). The third-order valence-electron chi connectivity index (χ3n) is 16.7. The van der Waals surface area contributed by atoms with Gasteiger partial charge in [0.05, 0.1) is 16.4 Å². The van der Waals surface area contributed by atoms with Gasteiger partial charge in [0.1, 0.15) is 0 Å². The van der Waals surface area contributed by atoms with Crippen LogP contribution in [-0.4, -0.2) is 9.13 Å². The van der Waals surface area contributed by atoms with Crippen LogP contribution in [0.5, 0.6) is 0 Å². The van der Waals surface area contributed by atoms with Crippen LogP contribution in [0.3, 0.4) is 0 Å². The Balaban J connectivity index is 1.07. The zero-order valence-electron chi connectivity index (χ0n) is 39.3. The van der Waals surface area contributed by atoms with Crippen molar-refractivity contribution in [1.29, 1.82) is 0 Å². The first-order chi connectivity index (χ1) is 35.1. The highest BCUT2D eigenvalue weighted by atomic mass is 14.9. The van der Waals surface area contributed by atoms with E-state index in [2.05, 4.69) is 254 Å². The van der Waals surface area contributed by atoms with Crippen LogP contribution in [-0.2, 0) is 19.5 Å². The highest BCUT2D eigenvalue weighted by molar-refractivity contribution is 6.24. The molecule has 330 valence electrons. The summed E-state index contributed by atoms with van der Waals surface area (Å²) in [5.41, 5.74) is 22.6. The second-order valence-electron chi connectivity index (χ2n) is 19.9. The van der Waals surface area contributed by atoms with Crippen molar-refractivity contribution in [1.82, 2.24) is 9.13 Å². The van der Waals surface area contributed by atoms with Gasteiger partial charge in [0.2, 0.25) is 0 Å². The Morgan fingerprint density at radius 3 is 1.34 bits per heavy atom.